The van der Waals surface area contributed by atoms with Gasteiger partial charge in [-0.3, -0.25) is 4.79 Å². The molecule has 0 bridgehead atoms. The lowest BCUT2D eigenvalue weighted by molar-refractivity contribution is -0.123. The summed E-state index contributed by atoms with van der Waals surface area (Å²) >= 11 is 0. The molecular weight excluding hydrogens is 332 g/mol. The standard InChI is InChI=1S/C20H18N2O4/c1-13-17(22-19(25-13)15-9-5-3-6-10-15)20(24)26-14(2)18(23)21-16-11-7-4-8-12-16/h3-12,14H,1-2H3,(H,21,23)/t14-/m1/s1. The number of hydrogen-bond acceptors (Lipinski definition) is 5. The second-order valence-electron chi connectivity index (χ2n) is 5.69. The lowest BCUT2D eigenvalue weighted by Crippen LogP contribution is -2.30. The predicted molar refractivity (Wildman–Crippen MR) is 96.6 cm³/mol. The number of nitrogens with one attached hydrogen (secondary N) is 1. The number of ether oxygens (including phenoxy) is 1. The van der Waals surface area contributed by atoms with E-state index in [2.05, 4.69) is 10.3 Å². The number of carbonyl (C=O) groups is 2. The van der Waals surface area contributed by atoms with E-state index in [1.165, 1.54) is 6.92 Å². The maximum atomic E-state index is 12.4. The fourth-order valence-electron chi connectivity index (χ4n) is 2.33. The molecule has 0 unspecified atom stereocenters. The number of anilines is 1. The Morgan fingerprint density at radius 1 is 1.04 bits per heavy atom. The summed E-state index contributed by atoms with van der Waals surface area (Å²) in [6.45, 7) is 3.13. The highest BCUT2D eigenvalue weighted by atomic mass is 16.5. The Morgan fingerprint density at radius 2 is 1.65 bits per heavy atom. The molecule has 3 aromatic rings. The van der Waals surface area contributed by atoms with Crippen molar-refractivity contribution >= 4 is 17.6 Å². The zero-order chi connectivity index (χ0) is 18.5. The van der Waals surface area contributed by atoms with Gasteiger partial charge in [-0.1, -0.05) is 36.4 Å². The van der Waals surface area contributed by atoms with E-state index in [1.54, 1.807) is 31.2 Å². The minimum Gasteiger partial charge on any atom is -0.448 e. The molecule has 0 aliphatic heterocycles. The van der Waals surface area contributed by atoms with Crippen LogP contribution < -0.4 is 5.32 Å². The van der Waals surface area contributed by atoms with Gasteiger partial charge in [-0.2, -0.15) is 0 Å². The van der Waals surface area contributed by atoms with Crippen LogP contribution in [0.3, 0.4) is 0 Å². The SMILES string of the molecule is Cc1oc(-c2ccccc2)nc1C(=O)O[C@H](C)C(=O)Nc1ccccc1. The summed E-state index contributed by atoms with van der Waals surface area (Å²) in [7, 11) is 0. The molecule has 0 saturated heterocycles. The number of rotatable bonds is 5. The van der Waals surface area contributed by atoms with Crippen LogP contribution in [0.25, 0.3) is 11.5 Å². The number of hydrogen-bond donors (Lipinski definition) is 1. The first-order chi connectivity index (χ1) is 12.5. The van der Waals surface area contributed by atoms with Gasteiger partial charge in [0.2, 0.25) is 5.89 Å². The molecule has 132 valence electrons. The third kappa shape index (κ3) is 3.97. The Bertz CT molecular complexity index is 904. The number of carbonyl (C=O) groups excluding carboxylic acids is 2. The normalized spacial score (nSPS) is 11.6. The zero-order valence-corrected chi connectivity index (χ0v) is 14.4. The van der Waals surface area contributed by atoms with Crippen molar-refractivity contribution < 1.29 is 18.7 Å². The highest BCUT2D eigenvalue weighted by Gasteiger charge is 2.24. The predicted octanol–water partition coefficient (Wildman–Crippen LogP) is 3.83. The Hall–Kier alpha value is -3.41. The summed E-state index contributed by atoms with van der Waals surface area (Å²) in [6.07, 6.45) is -0.973. The maximum absolute atomic E-state index is 12.4. The molecule has 2 aromatic carbocycles. The highest BCUT2D eigenvalue weighted by molar-refractivity contribution is 5.97. The van der Waals surface area contributed by atoms with Crippen LogP contribution in [-0.2, 0) is 9.53 Å². The van der Waals surface area contributed by atoms with E-state index in [1.807, 2.05) is 36.4 Å². The topological polar surface area (TPSA) is 81.4 Å². The molecule has 0 aliphatic carbocycles. The Morgan fingerprint density at radius 3 is 2.31 bits per heavy atom. The number of aromatic nitrogens is 1. The first-order valence-electron chi connectivity index (χ1n) is 8.14. The van der Waals surface area contributed by atoms with E-state index in [-0.39, 0.29) is 5.69 Å². The smallest absolute Gasteiger partial charge is 0.361 e. The van der Waals surface area contributed by atoms with Gasteiger partial charge in [-0.05, 0) is 38.1 Å². The molecule has 3 rings (SSSR count). The van der Waals surface area contributed by atoms with Crippen LogP contribution in [0.4, 0.5) is 5.69 Å². The largest absolute Gasteiger partial charge is 0.448 e. The fraction of sp³-hybridized carbons (Fsp3) is 0.150. The number of esters is 1. The van der Waals surface area contributed by atoms with Crippen LogP contribution in [0.1, 0.15) is 23.2 Å². The number of nitrogens with zero attached hydrogens (tertiary/aromatic N) is 1. The molecule has 1 amide bonds. The van der Waals surface area contributed by atoms with Gasteiger partial charge in [0.05, 0.1) is 0 Å². The monoisotopic (exact) mass is 350 g/mol. The Labute approximate surface area is 150 Å². The summed E-state index contributed by atoms with van der Waals surface area (Å²) in [6, 6.07) is 18.2. The molecule has 0 radical (unpaired) electrons. The van der Waals surface area contributed by atoms with E-state index in [0.717, 1.165) is 5.56 Å². The molecule has 0 saturated carbocycles. The molecule has 6 nitrogen and oxygen atoms in total. The van der Waals surface area contributed by atoms with Gasteiger partial charge < -0.3 is 14.5 Å². The lowest BCUT2D eigenvalue weighted by atomic mass is 10.2. The second-order valence-corrected chi connectivity index (χ2v) is 5.69. The molecule has 1 heterocycles. The van der Waals surface area contributed by atoms with Crippen molar-refractivity contribution in [2.75, 3.05) is 5.32 Å². The molecule has 6 heteroatoms. The van der Waals surface area contributed by atoms with E-state index in [4.69, 9.17) is 9.15 Å². The summed E-state index contributed by atoms with van der Waals surface area (Å²) < 4.78 is 10.8. The van der Waals surface area contributed by atoms with Crippen molar-refractivity contribution in [3.63, 3.8) is 0 Å². The third-order valence-corrected chi connectivity index (χ3v) is 3.71. The summed E-state index contributed by atoms with van der Waals surface area (Å²) in [5.41, 5.74) is 1.44. The minimum absolute atomic E-state index is 0.0585. The van der Waals surface area contributed by atoms with Gasteiger partial charge in [0.15, 0.2) is 11.8 Å². The van der Waals surface area contributed by atoms with Gasteiger partial charge in [0, 0.05) is 11.3 Å². The van der Waals surface area contributed by atoms with Crippen LogP contribution in [0.5, 0.6) is 0 Å². The zero-order valence-electron chi connectivity index (χ0n) is 14.4. The van der Waals surface area contributed by atoms with Crippen LogP contribution in [-0.4, -0.2) is 23.0 Å². The maximum Gasteiger partial charge on any atom is 0.361 e. The van der Waals surface area contributed by atoms with Crippen LogP contribution >= 0.6 is 0 Å². The Kier molecular flexibility index (Phi) is 5.12. The highest BCUT2D eigenvalue weighted by Crippen LogP contribution is 2.22. The van der Waals surface area contributed by atoms with Crippen molar-refractivity contribution in [1.82, 2.24) is 4.98 Å². The molecule has 26 heavy (non-hydrogen) atoms. The quantitative estimate of drug-likeness (QED) is 0.707. The van der Waals surface area contributed by atoms with Gasteiger partial charge in [0.25, 0.3) is 5.91 Å². The van der Waals surface area contributed by atoms with Gasteiger partial charge in [-0.25, -0.2) is 9.78 Å². The van der Waals surface area contributed by atoms with Crippen LogP contribution in [0.15, 0.2) is 65.1 Å². The van der Waals surface area contributed by atoms with E-state index >= 15 is 0 Å². The van der Waals surface area contributed by atoms with E-state index in [0.29, 0.717) is 17.3 Å². The van der Waals surface area contributed by atoms with Crippen molar-refractivity contribution in [3.05, 3.63) is 72.1 Å². The van der Waals surface area contributed by atoms with Crippen LogP contribution in [0.2, 0.25) is 0 Å². The van der Waals surface area contributed by atoms with Crippen molar-refractivity contribution in [3.8, 4) is 11.5 Å². The molecule has 0 aliphatic rings. The van der Waals surface area contributed by atoms with Crippen LogP contribution in [0, 0.1) is 6.92 Å². The number of oxazole rings is 1. The first kappa shape index (κ1) is 17.4. The second kappa shape index (κ2) is 7.65. The number of benzene rings is 2. The first-order valence-corrected chi connectivity index (χ1v) is 8.14. The molecule has 1 N–H and O–H groups in total. The van der Waals surface area contributed by atoms with Crippen molar-refractivity contribution in [2.45, 2.75) is 20.0 Å². The third-order valence-electron chi connectivity index (χ3n) is 3.71. The summed E-state index contributed by atoms with van der Waals surface area (Å²) in [5.74, 6) is -0.459. The Balaban J connectivity index is 1.68. The molecule has 0 spiro atoms. The van der Waals surface area contributed by atoms with E-state index < -0.39 is 18.0 Å². The minimum atomic E-state index is -0.973. The van der Waals surface area contributed by atoms with Gasteiger partial charge in [0.1, 0.15) is 5.76 Å². The average molecular weight is 350 g/mol. The molecular formula is C20H18N2O4. The average Bonchev–Trinajstić information content (AvgIpc) is 3.05. The lowest BCUT2D eigenvalue weighted by Gasteiger charge is -2.12. The molecule has 0 fully saturated rings. The molecule has 1 aromatic heterocycles. The van der Waals surface area contributed by atoms with Crippen molar-refractivity contribution in [2.24, 2.45) is 0 Å². The summed E-state index contributed by atoms with van der Waals surface area (Å²) in [5, 5.41) is 2.68. The fourth-order valence-corrected chi connectivity index (χ4v) is 2.33. The van der Waals surface area contributed by atoms with Gasteiger partial charge in [-0.15, -0.1) is 0 Å². The number of amides is 1. The molecule has 1 atom stereocenters. The van der Waals surface area contributed by atoms with Crippen molar-refractivity contribution in [1.29, 1.82) is 0 Å². The summed E-state index contributed by atoms with van der Waals surface area (Å²) in [4.78, 5) is 28.7. The number of aryl methyl sites for hydroxylation is 1. The van der Waals surface area contributed by atoms with Gasteiger partial charge >= 0.3 is 5.97 Å². The number of para-hydroxylation sites is 1. The van der Waals surface area contributed by atoms with E-state index in [9.17, 15) is 9.59 Å².